The van der Waals surface area contributed by atoms with Gasteiger partial charge in [0.25, 0.3) is 0 Å². The van der Waals surface area contributed by atoms with Crippen molar-refractivity contribution in [3.8, 4) is 11.4 Å². The molecule has 1 aromatic heterocycles. The van der Waals surface area contributed by atoms with Gasteiger partial charge in [-0.3, -0.25) is 4.79 Å². The second kappa shape index (κ2) is 9.76. The molecule has 0 saturated carbocycles. The summed E-state index contributed by atoms with van der Waals surface area (Å²) in [6, 6.07) is 38.8. The van der Waals surface area contributed by atoms with Crippen LogP contribution in [-0.2, 0) is 15.1 Å². The third-order valence-corrected chi connectivity index (χ3v) is 6.67. The van der Waals surface area contributed by atoms with E-state index in [-0.39, 0.29) is 12.2 Å². The van der Waals surface area contributed by atoms with Crippen molar-refractivity contribution >= 4 is 6.29 Å². The molecule has 6 nitrogen and oxygen atoms in total. The van der Waals surface area contributed by atoms with Gasteiger partial charge in [-0.2, -0.15) is 0 Å². The van der Waals surface area contributed by atoms with E-state index in [9.17, 15) is 4.79 Å². The molecule has 4 aromatic carbocycles. The van der Waals surface area contributed by atoms with E-state index in [0.29, 0.717) is 5.82 Å². The molecule has 37 heavy (non-hydrogen) atoms. The van der Waals surface area contributed by atoms with E-state index >= 15 is 0 Å². The molecular weight excluding hydrogens is 460 g/mol. The Hall–Kier alpha value is -4.68. The fraction of sp³-hybridized carbons (Fsp3) is 0.0968. The van der Waals surface area contributed by atoms with Crippen LogP contribution in [0.1, 0.15) is 28.4 Å². The number of hydrogen-bond acceptors (Lipinski definition) is 5. The minimum Gasteiger partial charge on any atom is -0.360 e. The molecule has 1 aliphatic rings. The molecule has 180 valence electrons. The first kappa shape index (κ1) is 22.8. The number of benzene rings is 4. The summed E-state index contributed by atoms with van der Waals surface area (Å²) < 4.78 is 5.72. The maximum absolute atomic E-state index is 10.6. The Labute approximate surface area is 214 Å². The van der Waals surface area contributed by atoms with Gasteiger partial charge < -0.3 is 4.74 Å². The van der Waals surface area contributed by atoms with E-state index in [4.69, 9.17) is 9.84 Å². The number of nitrogens with zero attached hydrogens (tertiary/aromatic N) is 4. The number of hydrogen-bond donors (Lipinski definition) is 0. The molecule has 0 aliphatic carbocycles. The topological polar surface area (TPSA) is 73.2 Å². The summed E-state index contributed by atoms with van der Waals surface area (Å²) in [4.78, 5) is 12.4. The van der Waals surface area contributed by atoms with Crippen LogP contribution in [0.5, 0.6) is 0 Å². The van der Waals surface area contributed by atoms with Gasteiger partial charge in [0.2, 0.25) is 5.82 Å². The van der Waals surface area contributed by atoms with Crippen molar-refractivity contribution in [2.24, 2.45) is 0 Å². The van der Waals surface area contributed by atoms with E-state index in [2.05, 4.69) is 46.7 Å². The number of allylic oxidation sites excluding steroid dienone is 1. The van der Waals surface area contributed by atoms with Gasteiger partial charge in [-0.25, -0.2) is 0 Å². The predicted octanol–water partition coefficient (Wildman–Crippen LogP) is 5.38. The first-order valence-corrected chi connectivity index (χ1v) is 12.2. The average Bonchev–Trinajstić information content (AvgIpc) is 3.59. The van der Waals surface area contributed by atoms with Crippen molar-refractivity contribution in [1.29, 1.82) is 0 Å². The summed E-state index contributed by atoms with van der Waals surface area (Å²) in [6.45, 7) is 0. The molecule has 0 spiro atoms. The third-order valence-electron chi connectivity index (χ3n) is 6.67. The Kier molecular flexibility index (Phi) is 6.00. The lowest BCUT2D eigenvalue weighted by Crippen LogP contribution is -2.39. The van der Waals surface area contributed by atoms with Crippen LogP contribution in [0, 0.1) is 0 Å². The fourth-order valence-corrected chi connectivity index (χ4v) is 4.90. The van der Waals surface area contributed by atoms with Gasteiger partial charge in [0.05, 0.1) is 0 Å². The van der Waals surface area contributed by atoms with Crippen molar-refractivity contribution in [2.75, 3.05) is 0 Å². The van der Waals surface area contributed by atoms with Crippen molar-refractivity contribution in [2.45, 2.75) is 17.7 Å². The number of rotatable bonds is 8. The number of ether oxygens (including phenoxy) is 1. The summed E-state index contributed by atoms with van der Waals surface area (Å²) in [6.07, 6.45) is 3.83. The number of carbonyl (C=O) groups is 1. The molecule has 2 atom stereocenters. The monoisotopic (exact) mass is 484 g/mol. The van der Waals surface area contributed by atoms with E-state index in [1.165, 1.54) is 6.08 Å². The van der Waals surface area contributed by atoms with Crippen LogP contribution < -0.4 is 0 Å². The number of epoxide rings is 1. The van der Waals surface area contributed by atoms with Crippen molar-refractivity contribution in [3.05, 3.63) is 150 Å². The highest BCUT2D eigenvalue weighted by atomic mass is 16.6. The van der Waals surface area contributed by atoms with Gasteiger partial charge in [-0.1, -0.05) is 109 Å². The van der Waals surface area contributed by atoms with Gasteiger partial charge in [0, 0.05) is 5.56 Å². The zero-order valence-electron chi connectivity index (χ0n) is 20.0. The lowest BCUT2D eigenvalue weighted by molar-refractivity contribution is -0.104. The molecule has 6 heteroatoms. The van der Waals surface area contributed by atoms with Gasteiger partial charge in [-0.05, 0) is 45.7 Å². The van der Waals surface area contributed by atoms with Crippen LogP contribution in [0.15, 0.2) is 127 Å². The maximum atomic E-state index is 10.6. The summed E-state index contributed by atoms with van der Waals surface area (Å²) >= 11 is 0. The minimum absolute atomic E-state index is 0.0803. The van der Waals surface area contributed by atoms with E-state index in [1.54, 1.807) is 10.9 Å². The molecule has 1 fully saturated rings. The molecule has 1 saturated heterocycles. The SMILES string of the molecule is O=C/C=C/[C@@H]1O[C@H]1c1cccc(-c2nnn(C(c3ccccc3)(c3ccccc3)c3ccccc3)n2)c1. The Bertz CT molecular complexity index is 1430. The summed E-state index contributed by atoms with van der Waals surface area (Å²) in [5.74, 6) is 0.523. The van der Waals surface area contributed by atoms with Gasteiger partial charge in [0.15, 0.2) is 5.54 Å². The average molecular weight is 485 g/mol. The maximum Gasteiger partial charge on any atom is 0.204 e. The van der Waals surface area contributed by atoms with Crippen LogP contribution in [0.4, 0.5) is 0 Å². The largest absolute Gasteiger partial charge is 0.360 e. The van der Waals surface area contributed by atoms with E-state index in [1.807, 2.05) is 78.9 Å². The molecule has 0 radical (unpaired) electrons. The summed E-state index contributed by atoms with van der Waals surface area (Å²) in [5, 5.41) is 14.1. The normalized spacial score (nSPS) is 17.1. The van der Waals surface area contributed by atoms with Crippen LogP contribution >= 0.6 is 0 Å². The van der Waals surface area contributed by atoms with Gasteiger partial charge in [0.1, 0.15) is 18.5 Å². The Balaban J connectivity index is 1.48. The lowest BCUT2D eigenvalue weighted by Gasteiger charge is -2.34. The Morgan fingerprint density at radius 1 is 0.757 bits per heavy atom. The number of carbonyl (C=O) groups excluding carboxylic acids is 1. The molecule has 0 amide bonds. The molecule has 0 N–H and O–H groups in total. The Morgan fingerprint density at radius 2 is 1.35 bits per heavy atom. The lowest BCUT2D eigenvalue weighted by atomic mass is 9.77. The van der Waals surface area contributed by atoms with Crippen LogP contribution in [0.3, 0.4) is 0 Å². The quantitative estimate of drug-likeness (QED) is 0.128. The minimum atomic E-state index is -0.822. The van der Waals surface area contributed by atoms with Crippen LogP contribution in [0.25, 0.3) is 11.4 Å². The number of aldehydes is 1. The fourth-order valence-electron chi connectivity index (χ4n) is 4.90. The molecule has 0 bridgehead atoms. The van der Waals surface area contributed by atoms with Crippen molar-refractivity contribution < 1.29 is 9.53 Å². The number of aromatic nitrogens is 4. The first-order valence-electron chi connectivity index (χ1n) is 12.2. The molecule has 0 unspecified atom stereocenters. The van der Waals surface area contributed by atoms with Gasteiger partial charge >= 0.3 is 0 Å². The van der Waals surface area contributed by atoms with Crippen LogP contribution in [0.2, 0.25) is 0 Å². The summed E-state index contributed by atoms with van der Waals surface area (Å²) in [7, 11) is 0. The zero-order chi connectivity index (χ0) is 25.1. The highest BCUT2D eigenvalue weighted by molar-refractivity contribution is 5.65. The van der Waals surface area contributed by atoms with E-state index < -0.39 is 5.54 Å². The van der Waals surface area contributed by atoms with Gasteiger partial charge in [-0.15, -0.1) is 15.0 Å². The highest BCUT2D eigenvalue weighted by Gasteiger charge is 2.41. The third kappa shape index (κ3) is 4.17. The second-order valence-corrected chi connectivity index (χ2v) is 8.88. The smallest absolute Gasteiger partial charge is 0.204 e. The zero-order valence-corrected chi connectivity index (χ0v) is 20.0. The molecule has 2 heterocycles. The molecule has 5 aromatic rings. The van der Waals surface area contributed by atoms with Crippen molar-refractivity contribution in [1.82, 2.24) is 20.2 Å². The van der Waals surface area contributed by atoms with E-state index in [0.717, 1.165) is 34.1 Å². The molecule has 1 aliphatic heterocycles. The molecular formula is C31H24N4O2. The van der Waals surface area contributed by atoms with Crippen LogP contribution in [-0.4, -0.2) is 32.6 Å². The Morgan fingerprint density at radius 3 is 1.92 bits per heavy atom. The second-order valence-electron chi connectivity index (χ2n) is 8.88. The van der Waals surface area contributed by atoms with Crippen molar-refractivity contribution in [3.63, 3.8) is 0 Å². The number of tetrazole rings is 1. The highest BCUT2D eigenvalue weighted by Crippen LogP contribution is 2.41. The molecule has 6 rings (SSSR count). The first-order chi connectivity index (χ1) is 18.3. The summed E-state index contributed by atoms with van der Waals surface area (Å²) in [5.41, 5.74) is 4.12. The standard InChI is InChI=1S/C31H24N4O2/c36-21-11-20-28-29(37-28)23-12-10-13-24(22-23)30-32-34-35(33-30)31(25-14-4-1-5-15-25,26-16-6-2-7-17-26)27-18-8-3-9-19-27/h1-22,28-29H/b20-11+/t28-,29-/m0/s1. The predicted molar refractivity (Wildman–Crippen MR) is 141 cm³/mol.